The number of aldehydes is 1. The maximum absolute atomic E-state index is 10.4. The molecule has 0 aliphatic rings. The summed E-state index contributed by atoms with van der Waals surface area (Å²) < 4.78 is 1.94. The van der Waals surface area contributed by atoms with Crippen molar-refractivity contribution in [2.24, 2.45) is 0 Å². The van der Waals surface area contributed by atoms with E-state index in [9.17, 15) is 4.79 Å². The number of hydrogen-bond donors (Lipinski definition) is 0. The number of benzene rings is 1. The van der Waals surface area contributed by atoms with Gasteiger partial charge in [-0.1, -0.05) is 43.8 Å². The summed E-state index contributed by atoms with van der Waals surface area (Å²) in [5.41, 5.74) is 4.20. The highest BCUT2D eigenvalue weighted by Gasteiger charge is 2.12. The third kappa shape index (κ3) is 2.51. The molecule has 0 radical (unpaired) electrons. The first-order valence-corrected chi connectivity index (χ1v) is 6.19. The molecule has 1 heterocycles. The number of carbonyl (C=O) groups excluding carboxylic acids is 1. The molecule has 0 spiro atoms. The third-order valence-corrected chi connectivity index (χ3v) is 2.99. The summed E-state index contributed by atoms with van der Waals surface area (Å²) in [7, 11) is 0. The van der Waals surface area contributed by atoms with Gasteiger partial charge in [-0.3, -0.25) is 4.79 Å². The molecule has 0 saturated carbocycles. The van der Waals surface area contributed by atoms with Gasteiger partial charge < -0.3 is 4.57 Å². The molecular weight excluding hydrogens is 234 g/mol. The summed E-state index contributed by atoms with van der Waals surface area (Å²) in [5, 5.41) is 0. The van der Waals surface area contributed by atoms with Crippen molar-refractivity contribution >= 4 is 12.5 Å². The Morgan fingerprint density at radius 2 is 2.05 bits per heavy atom. The van der Waals surface area contributed by atoms with E-state index in [1.807, 2.05) is 28.8 Å². The Hall–Kier alpha value is -2.53. The van der Waals surface area contributed by atoms with E-state index in [0.29, 0.717) is 6.29 Å². The second-order valence-corrected chi connectivity index (χ2v) is 4.06. The first-order chi connectivity index (χ1) is 9.31. The minimum Gasteiger partial charge on any atom is -0.310 e. The standard InChI is InChI=1S/C17H15NO/c1-3-14-13-16(11-8-12-19)18(4-2)17(14)15-9-6-5-7-10-15/h4-7,9-10,12-13H,2-3H2,1H3. The van der Waals surface area contributed by atoms with Crippen molar-refractivity contribution in [3.05, 3.63) is 54.2 Å². The van der Waals surface area contributed by atoms with E-state index < -0.39 is 0 Å². The molecular formula is C17H15NO. The highest BCUT2D eigenvalue weighted by atomic mass is 16.1. The molecule has 0 N–H and O–H groups in total. The average molecular weight is 249 g/mol. The van der Waals surface area contributed by atoms with Crippen molar-refractivity contribution in [1.29, 1.82) is 0 Å². The van der Waals surface area contributed by atoms with E-state index in [1.165, 1.54) is 5.56 Å². The SMILES string of the molecule is C=Cn1c(C#CC=O)cc(CC)c1-c1ccccc1. The molecule has 0 fully saturated rings. The van der Waals surface area contributed by atoms with Crippen LogP contribution >= 0.6 is 0 Å². The van der Waals surface area contributed by atoms with Gasteiger partial charge in [-0.05, 0) is 35.5 Å². The van der Waals surface area contributed by atoms with Gasteiger partial charge in [0.15, 0.2) is 6.29 Å². The first-order valence-electron chi connectivity index (χ1n) is 6.19. The maximum Gasteiger partial charge on any atom is 0.193 e. The fourth-order valence-electron chi connectivity index (χ4n) is 2.16. The van der Waals surface area contributed by atoms with Crippen LogP contribution in [0.4, 0.5) is 0 Å². The number of aryl methyl sites for hydroxylation is 1. The van der Waals surface area contributed by atoms with Gasteiger partial charge in [-0.25, -0.2) is 0 Å². The largest absolute Gasteiger partial charge is 0.310 e. The number of hydrogen-bond acceptors (Lipinski definition) is 1. The van der Waals surface area contributed by atoms with Crippen LogP contribution in [0.3, 0.4) is 0 Å². The fraction of sp³-hybridized carbons (Fsp3) is 0.118. The summed E-state index contributed by atoms with van der Waals surface area (Å²) in [6.45, 7) is 5.94. The molecule has 0 amide bonds. The molecule has 0 aliphatic carbocycles. The average Bonchev–Trinajstić information content (AvgIpc) is 2.83. The number of carbonyl (C=O) groups is 1. The van der Waals surface area contributed by atoms with Crippen LogP contribution in [0.2, 0.25) is 0 Å². The van der Waals surface area contributed by atoms with Crippen molar-refractivity contribution in [1.82, 2.24) is 4.57 Å². The van der Waals surface area contributed by atoms with Crippen LogP contribution in [0.5, 0.6) is 0 Å². The van der Waals surface area contributed by atoms with Crippen molar-refractivity contribution in [3.8, 4) is 23.1 Å². The van der Waals surface area contributed by atoms with E-state index in [1.54, 1.807) is 6.20 Å². The zero-order chi connectivity index (χ0) is 13.7. The van der Waals surface area contributed by atoms with Crippen LogP contribution in [0.15, 0.2) is 43.0 Å². The lowest BCUT2D eigenvalue weighted by Crippen LogP contribution is -1.94. The summed E-state index contributed by atoms with van der Waals surface area (Å²) in [4.78, 5) is 10.4. The molecule has 2 rings (SSSR count). The van der Waals surface area contributed by atoms with Crippen molar-refractivity contribution in [2.75, 3.05) is 0 Å². The predicted octanol–water partition coefficient (Wildman–Crippen LogP) is 3.37. The van der Waals surface area contributed by atoms with E-state index in [0.717, 1.165) is 23.4 Å². The molecule has 0 bridgehead atoms. The fourth-order valence-corrected chi connectivity index (χ4v) is 2.16. The van der Waals surface area contributed by atoms with Crippen LogP contribution in [0, 0.1) is 11.8 Å². The highest BCUT2D eigenvalue weighted by Crippen LogP contribution is 2.28. The monoisotopic (exact) mass is 249 g/mol. The molecule has 1 aromatic carbocycles. The van der Waals surface area contributed by atoms with Crippen LogP contribution < -0.4 is 0 Å². The van der Waals surface area contributed by atoms with Crippen molar-refractivity contribution < 1.29 is 4.79 Å². The Morgan fingerprint density at radius 3 is 2.63 bits per heavy atom. The number of aromatic nitrogens is 1. The maximum atomic E-state index is 10.4. The van der Waals surface area contributed by atoms with E-state index >= 15 is 0 Å². The molecule has 0 atom stereocenters. The molecule has 0 saturated heterocycles. The second-order valence-electron chi connectivity index (χ2n) is 4.06. The summed E-state index contributed by atoms with van der Waals surface area (Å²) in [6.07, 6.45) is 3.24. The minimum absolute atomic E-state index is 0.605. The Bertz CT molecular complexity index is 654. The van der Waals surface area contributed by atoms with Gasteiger partial charge >= 0.3 is 0 Å². The van der Waals surface area contributed by atoms with Crippen LogP contribution in [0.1, 0.15) is 18.2 Å². The van der Waals surface area contributed by atoms with Gasteiger partial charge in [0.2, 0.25) is 0 Å². The first kappa shape index (κ1) is 12.9. The zero-order valence-electron chi connectivity index (χ0n) is 10.9. The zero-order valence-corrected chi connectivity index (χ0v) is 10.9. The van der Waals surface area contributed by atoms with Crippen molar-refractivity contribution in [3.63, 3.8) is 0 Å². The van der Waals surface area contributed by atoms with E-state index in [4.69, 9.17) is 0 Å². The lowest BCUT2D eigenvalue weighted by Gasteiger charge is -2.07. The highest BCUT2D eigenvalue weighted by molar-refractivity contribution is 5.75. The van der Waals surface area contributed by atoms with Gasteiger partial charge in [-0.15, -0.1) is 0 Å². The lowest BCUT2D eigenvalue weighted by molar-refractivity contribution is -0.103. The predicted molar refractivity (Wildman–Crippen MR) is 78.6 cm³/mol. The summed E-state index contributed by atoms with van der Waals surface area (Å²) >= 11 is 0. The lowest BCUT2D eigenvalue weighted by atomic mass is 10.1. The number of rotatable bonds is 3. The molecule has 19 heavy (non-hydrogen) atoms. The normalized spacial score (nSPS) is 9.53. The van der Waals surface area contributed by atoms with Crippen LogP contribution in [-0.4, -0.2) is 10.9 Å². The molecule has 2 nitrogen and oxygen atoms in total. The number of nitrogens with zero attached hydrogens (tertiary/aromatic N) is 1. The minimum atomic E-state index is 0.605. The third-order valence-electron chi connectivity index (χ3n) is 2.99. The smallest absolute Gasteiger partial charge is 0.193 e. The van der Waals surface area contributed by atoms with Gasteiger partial charge in [-0.2, -0.15) is 0 Å². The Morgan fingerprint density at radius 1 is 1.32 bits per heavy atom. The molecule has 0 aliphatic heterocycles. The summed E-state index contributed by atoms with van der Waals surface area (Å²) in [6, 6.07) is 12.1. The molecule has 0 unspecified atom stereocenters. The van der Waals surface area contributed by atoms with Crippen LogP contribution in [-0.2, 0) is 11.2 Å². The molecule has 2 heteroatoms. The topological polar surface area (TPSA) is 22.0 Å². The van der Waals surface area contributed by atoms with Crippen molar-refractivity contribution in [2.45, 2.75) is 13.3 Å². The Balaban J connectivity index is 2.68. The van der Waals surface area contributed by atoms with Gasteiger partial charge in [0, 0.05) is 6.20 Å². The van der Waals surface area contributed by atoms with Crippen LogP contribution in [0.25, 0.3) is 17.5 Å². The Labute approximate surface area is 113 Å². The van der Waals surface area contributed by atoms with Gasteiger partial charge in [0.05, 0.1) is 11.4 Å². The quantitative estimate of drug-likeness (QED) is 0.604. The Kier molecular flexibility index (Phi) is 4.00. The van der Waals surface area contributed by atoms with Gasteiger partial charge in [0.1, 0.15) is 0 Å². The summed E-state index contributed by atoms with van der Waals surface area (Å²) in [5.74, 6) is 5.31. The molecule has 94 valence electrons. The molecule has 1 aromatic heterocycles. The van der Waals surface area contributed by atoms with E-state index in [2.05, 4.69) is 37.5 Å². The molecule has 2 aromatic rings. The second kappa shape index (κ2) is 5.88. The van der Waals surface area contributed by atoms with E-state index in [-0.39, 0.29) is 0 Å². The van der Waals surface area contributed by atoms with Gasteiger partial charge in [0.25, 0.3) is 0 Å².